The normalized spacial score (nSPS) is 20.1. The van der Waals surface area contributed by atoms with Gasteiger partial charge in [0.2, 0.25) is 0 Å². The van der Waals surface area contributed by atoms with Crippen molar-refractivity contribution < 1.29 is 9.47 Å². The number of rotatable bonds is 7. The number of hydrogen-bond acceptors (Lipinski definition) is 4. The van der Waals surface area contributed by atoms with Gasteiger partial charge in [-0.3, -0.25) is 0 Å². The Morgan fingerprint density at radius 2 is 2.35 bits per heavy atom. The van der Waals surface area contributed by atoms with Crippen LogP contribution in [0.5, 0.6) is 5.75 Å². The van der Waals surface area contributed by atoms with E-state index < -0.39 is 0 Å². The molecule has 3 nitrogen and oxygen atoms in total. The summed E-state index contributed by atoms with van der Waals surface area (Å²) in [6, 6.07) is 6.82. The third-order valence-corrected chi connectivity index (χ3v) is 4.95. The fraction of sp³-hybridized carbons (Fsp3) is 0.625. The average Bonchev–Trinajstić information content (AvgIpc) is 2.99. The molecule has 0 saturated carbocycles. The highest BCUT2D eigenvalue weighted by atomic mass is 32.2. The molecule has 0 spiro atoms. The van der Waals surface area contributed by atoms with Gasteiger partial charge in [0.05, 0.1) is 13.2 Å². The molecule has 1 aliphatic heterocycles. The van der Waals surface area contributed by atoms with Gasteiger partial charge in [-0.15, -0.1) is 0 Å². The Labute approximate surface area is 126 Å². The molecule has 0 amide bonds. The van der Waals surface area contributed by atoms with Gasteiger partial charge >= 0.3 is 0 Å². The van der Waals surface area contributed by atoms with Crippen LogP contribution in [-0.2, 0) is 10.5 Å². The molecule has 1 heterocycles. The molecule has 20 heavy (non-hydrogen) atoms. The maximum Gasteiger partial charge on any atom is 0.122 e. The van der Waals surface area contributed by atoms with Crippen LogP contribution in [0, 0.1) is 0 Å². The van der Waals surface area contributed by atoms with Crippen LogP contribution in [0.3, 0.4) is 0 Å². The van der Waals surface area contributed by atoms with Gasteiger partial charge in [0.1, 0.15) is 5.75 Å². The Hall–Kier alpha value is -0.710. The Morgan fingerprint density at radius 1 is 1.50 bits per heavy atom. The lowest BCUT2D eigenvalue weighted by Crippen LogP contribution is -2.12. The molecule has 1 aromatic rings. The molecule has 112 valence electrons. The predicted molar refractivity (Wildman–Crippen MR) is 85.6 cm³/mol. The standard InChI is InChI=1S/C16H25NO2S/c1-12(17-2)13-6-7-16(18-3)14(9-13)10-20-11-15-5-4-8-19-15/h6-7,9,12,15,17H,4-5,8,10-11H2,1-3H3. The molecule has 2 rings (SSSR count). The van der Waals surface area contributed by atoms with Crippen LogP contribution in [0.15, 0.2) is 18.2 Å². The summed E-state index contributed by atoms with van der Waals surface area (Å²) in [5.74, 6) is 3.04. The molecule has 2 atom stereocenters. The quantitative estimate of drug-likeness (QED) is 0.835. The minimum absolute atomic E-state index is 0.364. The summed E-state index contributed by atoms with van der Waals surface area (Å²) in [4.78, 5) is 0. The van der Waals surface area contributed by atoms with E-state index in [1.54, 1.807) is 7.11 Å². The number of methoxy groups -OCH3 is 1. The second-order valence-corrected chi connectivity index (χ2v) is 6.26. The Bertz CT molecular complexity index is 419. The van der Waals surface area contributed by atoms with Gasteiger partial charge in [0.15, 0.2) is 0 Å². The van der Waals surface area contributed by atoms with Crippen molar-refractivity contribution in [1.82, 2.24) is 5.32 Å². The summed E-state index contributed by atoms with van der Waals surface area (Å²) >= 11 is 1.94. The molecule has 1 aromatic carbocycles. The van der Waals surface area contributed by atoms with Crippen LogP contribution in [0.4, 0.5) is 0 Å². The van der Waals surface area contributed by atoms with Gasteiger partial charge in [0, 0.05) is 29.7 Å². The topological polar surface area (TPSA) is 30.5 Å². The van der Waals surface area contributed by atoms with E-state index in [9.17, 15) is 0 Å². The average molecular weight is 295 g/mol. The van der Waals surface area contributed by atoms with Crippen LogP contribution in [0.1, 0.15) is 36.9 Å². The van der Waals surface area contributed by atoms with E-state index in [1.165, 1.54) is 24.0 Å². The van der Waals surface area contributed by atoms with Gasteiger partial charge in [-0.25, -0.2) is 0 Å². The van der Waals surface area contributed by atoms with Crippen molar-refractivity contribution in [3.05, 3.63) is 29.3 Å². The zero-order chi connectivity index (χ0) is 14.4. The Morgan fingerprint density at radius 3 is 3.00 bits per heavy atom. The van der Waals surface area contributed by atoms with E-state index in [1.807, 2.05) is 18.8 Å². The van der Waals surface area contributed by atoms with Gasteiger partial charge in [-0.05, 0) is 44.5 Å². The molecule has 1 saturated heterocycles. The van der Waals surface area contributed by atoms with Crippen molar-refractivity contribution in [1.29, 1.82) is 0 Å². The highest BCUT2D eigenvalue weighted by Gasteiger charge is 2.16. The van der Waals surface area contributed by atoms with Crippen molar-refractivity contribution in [3.63, 3.8) is 0 Å². The third kappa shape index (κ3) is 4.14. The summed E-state index contributed by atoms with van der Waals surface area (Å²) in [5.41, 5.74) is 2.58. The minimum atomic E-state index is 0.364. The van der Waals surface area contributed by atoms with Crippen molar-refractivity contribution in [2.24, 2.45) is 0 Å². The van der Waals surface area contributed by atoms with Crippen molar-refractivity contribution >= 4 is 11.8 Å². The third-order valence-electron chi connectivity index (χ3n) is 3.82. The number of hydrogen-bond donors (Lipinski definition) is 1. The van der Waals surface area contributed by atoms with Gasteiger partial charge < -0.3 is 14.8 Å². The minimum Gasteiger partial charge on any atom is -0.496 e. The lowest BCUT2D eigenvalue weighted by atomic mass is 10.1. The molecular weight excluding hydrogens is 270 g/mol. The maximum absolute atomic E-state index is 5.66. The number of thioether (sulfide) groups is 1. The first-order chi connectivity index (χ1) is 9.74. The molecule has 0 aromatic heterocycles. The molecule has 4 heteroatoms. The van der Waals surface area contributed by atoms with E-state index in [0.717, 1.165) is 23.9 Å². The summed E-state index contributed by atoms with van der Waals surface area (Å²) in [6.45, 7) is 3.11. The van der Waals surface area contributed by atoms with Gasteiger partial charge in [-0.2, -0.15) is 11.8 Å². The molecule has 2 unspecified atom stereocenters. The first-order valence-electron chi connectivity index (χ1n) is 7.28. The number of nitrogens with one attached hydrogen (secondary N) is 1. The van der Waals surface area contributed by atoms with E-state index in [-0.39, 0.29) is 0 Å². The molecule has 0 aliphatic carbocycles. The molecule has 1 N–H and O–H groups in total. The first-order valence-corrected chi connectivity index (χ1v) is 8.43. The zero-order valence-electron chi connectivity index (χ0n) is 12.6. The summed E-state index contributed by atoms with van der Waals surface area (Å²) in [6.07, 6.45) is 2.87. The lowest BCUT2D eigenvalue weighted by Gasteiger charge is -2.15. The number of ether oxygens (including phenoxy) is 2. The van der Waals surface area contributed by atoms with Crippen molar-refractivity contribution in [2.75, 3.05) is 26.5 Å². The van der Waals surface area contributed by atoms with Crippen molar-refractivity contribution in [2.45, 2.75) is 37.7 Å². The summed E-state index contributed by atoms with van der Waals surface area (Å²) in [7, 11) is 3.73. The second kappa shape index (κ2) is 7.91. The maximum atomic E-state index is 5.66. The second-order valence-electron chi connectivity index (χ2n) is 5.23. The summed E-state index contributed by atoms with van der Waals surface area (Å²) < 4.78 is 11.1. The monoisotopic (exact) mass is 295 g/mol. The van der Waals surface area contributed by atoms with Crippen LogP contribution < -0.4 is 10.1 Å². The van der Waals surface area contributed by atoms with Crippen LogP contribution in [0.2, 0.25) is 0 Å². The molecule has 0 bridgehead atoms. The lowest BCUT2D eigenvalue weighted by molar-refractivity contribution is 0.129. The molecule has 0 radical (unpaired) electrons. The predicted octanol–water partition coefficient (Wildman–Crippen LogP) is 3.39. The molecule has 1 fully saturated rings. The summed E-state index contributed by atoms with van der Waals surface area (Å²) in [5, 5.41) is 3.28. The van der Waals surface area contributed by atoms with Crippen LogP contribution in [0.25, 0.3) is 0 Å². The fourth-order valence-electron chi connectivity index (χ4n) is 2.42. The van der Waals surface area contributed by atoms with Crippen molar-refractivity contribution in [3.8, 4) is 5.75 Å². The Balaban J connectivity index is 1.96. The van der Waals surface area contributed by atoms with E-state index in [2.05, 4.69) is 30.4 Å². The highest BCUT2D eigenvalue weighted by Crippen LogP contribution is 2.28. The van der Waals surface area contributed by atoms with Crippen LogP contribution >= 0.6 is 11.8 Å². The van der Waals surface area contributed by atoms with Crippen LogP contribution in [-0.4, -0.2) is 32.6 Å². The fourth-order valence-corrected chi connectivity index (χ4v) is 3.51. The highest BCUT2D eigenvalue weighted by molar-refractivity contribution is 7.98. The van der Waals surface area contributed by atoms with Gasteiger partial charge in [-0.1, -0.05) is 6.07 Å². The van der Waals surface area contributed by atoms with Gasteiger partial charge in [0.25, 0.3) is 0 Å². The zero-order valence-corrected chi connectivity index (χ0v) is 13.5. The first kappa shape index (κ1) is 15.7. The van der Waals surface area contributed by atoms with E-state index >= 15 is 0 Å². The van der Waals surface area contributed by atoms with E-state index in [0.29, 0.717) is 12.1 Å². The largest absolute Gasteiger partial charge is 0.496 e. The number of benzene rings is 1. The van der Waals surface area contributed by atoms with E-state index in [4.69, 9.17) is 9.47 Å². The molecule has 1 aliphatic rings. The SMILES string of the molecule is CNC(C)c1ccc(OC)c(CSCC2CCCO2)c1. The smallest absolute Gasteiger partial charge is 0.122 e. The Kier molecular flexibility index (Phi) is 6.20. The molecular formula is C16H25NO2S.